The Morgan fingerprint density at radius 2 is 2.00 bits per heavy atom. The molecule has 0 aromatic rings. The molecule has 0 N–H and O–H groups in total. The van der Waals surface area contributed by atoms with E-state index in [2.05, 4.69) is 16.7 Å². The molecule has 0 aliphatic rings. The SMILES string of the molecule is C=NC(=NC(C)Cl)C(F)(F)F. The number of amidine groups is 1. The monoisotopic (exact) mass is 186 g/mol. The Hall–Kier alpha value is -0.580. The highest BCUT2D eigenvalue weighted by Gasteiger charge is 2.35. The van der Waals surface area contributed by atoms with Gasteiger partial charge in [0.05, 0.1) is 0 Å². The van der Waals surface area contributed by atoms with Gasteiger partial charge in [-0.15, -0.1) is 0 Å². The van der Waals surface area contributed by atoms with E-state index in [1.54, 1.807) is 0 Å². The molecule has 64 valence electrons. The normalized spacial score (nSPS) is 16.3. The standard InChI is InChI=1S/C5H6ClF3N2/c1-3(6)11-4(10-2)5(7,8)9/h3H,2H2,1H3. The molecule has 1 unspecified atom stereocenters. The summed E-state index contributed by atoms with van der Waals surface area (Å²) >= 11 is 5.18. The summed E-state index contributed by atoms with van der Waals surface area (Å²) in [6.45, 7) is 4.03. The molecule has 2 nitrogen and oxygen atoms in total. The smallest absolute Gasteiger partial charge is 0.243 e. The van der Waals surface area contributed by atoms with Crippen LogP contribution in [0.25, 0.3) is 0 Å². The molecule has 0 fully saturated rings. The lowest BCUT2D eigenvalue weighted by molar-refractivity contribution is -0.0598. The molecular weight excluding hydrogens is 181 g/mol. The van der Waals surface area contributed by atoms with Crippen molar-refractivity contribution in [2.75, 3.05) is 0 Å². The Labute approximate surface area is 66.8 Å². The van der Waals surface area contributed by atoms with Crippen LogP contribution < -0.4 is 0 Å². The van der Waals surface area contributed by atoms with Crippen LogP contribution in [0.5, 0.6) is 0 Å². The highest BCUT2D eigenvalue weighted by Crippen LogP contribution is 2.18. The van der Waals surface area contributed by atoms with Crippen LogP contribution in [0.15, 0.2) is 9.98 Å². The van der Waals surface area contributed by atoms with E-state index >= 15 is 0 Å². The summed E-state index contributed by atoms with van der Waals surface area (Å²) in [4.78, 5) is 5.68. The first-order valence-corrected chi connectivity index (χ1v) is 3.07. The fourth-order valence-corrected chi connectivity index (χ4v) is 0.465. The zero-order valence-electron chi connectivity index (χ0n) is 5.69. The fraction of sp³-hybridized carbons (Fsp3) is 0.600. The van der Waals surface area contributed by atoms with Gasteiger partial charge >= 0.3 is 6.18 Å². The van der Waals surface area contributed by atoms with Gasteiger partial charge in [0, 0.05) is 0 Å². The summed E-state index contributed by atoms with van der Waals surface area (Å²) in [5.74, 6) is -1.29. The fourth-order valence-electron chi connectivity index (χ4n) is 0.372. The van der Waals surface area contributed by atoms with E-state index in [4.69, 9.17) is 11.6 Å². The van der Waals surface area contributed by atoms with Gasteiger partial charge in [-0.05, 0) is 13.6 Å². The largest absolute Gasteiger partial charge is 0.451 e. The number of nitrogens with zero attached hydrogens (tertiary/aromatic N) is 2. The maximum atomic E-state index is 11.8. The maximum Gasteiger partial charge on any atom is 0.451 e. The molecule has 6 heteroatoms. The van der Waals surface area contributed by atoms with Gasteiger partial charge in [0.1, 0.15) is 5.50 Å². The van der Waals surface area contributed by atoms with Crippen LogP contribution in [0.4, 0.5) is 13.2 Å². The lowest BCUT2D eigenvalue weighted by Crippen LogP contribution is -2.21. The van der Waals surface area contributed by atoms with Crippen LogP contribution in [-0.2, 0) is 0 Å². The van der Waals surface area contributed by atoms with Crippen molar-refractivity contribution >= 4 is 24.2 Å². The third-order valence-electron chi connectivity index (χ3n) is 0.703. The zero-order chi connectivity index (χ0) is 9.07. The topological polar surface area (TPSA) is 24.7 Å². The van der Waals surface area contributed by atoms with E-state index in [1.807, 2.05) is 0 Å². The Morgan fingerprint density at radius 3 is 2.09 bits per heavy atom. The molecule has 0 bridgehead atoms. The second-order valence-corrected chi connectivity index (χ2v) is 2.31. The van der Waals surface area contributed by atoms with E-state index in [-0.39, 0.29) is 0 Å². The van der Waals surface area contributed by atoms with Crippen molar-refractivity contribution in [2.45, 2.75) is 18.6 Å². The van der Waals surface area contributed by atoms with Gasteiger partial charge < -0.3 is 0 Å². The molecule has 0 heterocycles. The number of hydrogen-bond acceptors (Lipinski definition) is 1. The Morgan fingerprint density at radius 1 is 1.55 bits per heavy atom. The lowest BCUT2D eigenvalue weighted by Gasteiger charge is -2.05. The van der Waals surface area contributed by atoms with Crippen LogP contribution in [-0.4, -0.2) is 24.2 Å². The van der Waals surface area contributed by atoms with E-state index < -0.39 is 17.5 Å². The first-order valence-electron chi connectivity index (χ1n) is 2.63. The number of halogens is 4. The summed E-state index contributed by atoms with van der Waals surface area (Å²) in [5, 5.41) is 0. The van der Waals surface area contributed by atoms with Crippen molar-refractivity contribution in [3.63, 3.8) is 0 Å². The van der Waals surface area contributed by atoms with Crippen LogP contribution in [0.3, 0.4) is 0 Å². The molecule has 0 aliphatic carbocycles. The average Bonchev–Trinajstić information content (AvgIpc) is 1.79. The van der Waals surface area contributed by atoms with Crippen LogP contribution >= 0.6 is 11.6 Å². The van der Waals surface area contributed by atoms with Gasteiger partial charge in [0.15, 0.2) is 0 Å². The molecule has 0 rings (SSSR count). The van der Waals surface area contributed by atoms with Gasteiger partial charge in [-0.3, -0.25) is 0 Å². The first kappa shape index (κ1) is 10.4. The second-order valence-electron chi connectivity index (χ2n) is 1.68. The van der Waals surface area contributed by atoms with Crippen molar-refractivity contribution in [1.82, 2.24) is 0 Å². The number of rotatable bonds is 1. The van der Waals surface area contributed by atoms with Crippen molar-refractivity contribution in [2.24, 2.45) is 9.98 Å². The minimum Gasteiger partial charge on any atom is -0.243 e. The highest BCUT2D eigenvalue weighted by molar-refractivity contribution is 6.20. The molecule has 0 amide bonds. The molecular formula is C5H6ClF3N2. The summed E-state index contributed by atoms with van der Waals surface area (Å²) in [7, 11) is 0. The summed E-state index contributed by atoms with van der Waals surface area (Å²) in [6.07, 6.45) is -4.56. The molecule has 0 aromatic carbocycles. The molecule has 0 saturated heterocycles. The van der Waals surface area contributed by atoms with Crippen LogP contribution in [0, 0.1) is 0 Å². The van der Waals surface area contributed by atoms with Gasteiger partial charge in [-0.1, -0.05) is 11.6 Å². The Balaban J connectivity index is 4.54. The minimum absolute atomic E-state index is 0.947. The summed E-state index contributed by atoms with van der Waals surface area (Å²) < 4.78 is 35.3. The first-order chi connectivity index (χ1) is 4.88. The predicted octanol–water partition coefficient (Wildman–Crippen LogP) is 2.23. The average molecular weight is 187 g/mol. The third kappa shape index (κ3) is 3.98. The quantitative estimate of drug-likeness (QED) is 0.260. The van der Waals surface area contributed by atoms with Gasteiger partial charge in [0.2, 0.25) is 5.84 Å². The summed E-state index contributed by atoms with van der Waals surface area (Å²) in [5.41, 5.74) is -0.947. The molecule has 0 aliphatic heterocycles. The van der Waals surface area contributed by atoms with Crippen molar-refractivity contribution in [3.8, 4) is 0 Å². The Kier molecular flexibility index (Phi) is 3.51. The lowest BCUT2D eigenvalue weighted by atomic mass is 10.5. The Bertz CT molecular complexity index is 173. The van der Waals surface area contributed by atoms with Crippen molar-refractivity contribution < 1.29 is 13.2 Å². The third-order valence-corrected chi connectivity index (χ3v) is 0.801. The minimum atomic E-state index is -4.56. The zero-order valence-corrected chi connectivity index (χ0v) is 6.45. The summed E-state index contributed by atoms with van der Waals surface area (Å²) in [6, 6.07) is 0. The number of aliphatic imine (C=N–C) groups is 2. The number of hydrogen-bond donors (Lipinski definition) is 0. The molecule has 1 atom stereocenters. The van der Waals surface area contributed by atoms with Crippen molar-refractivity contribution in [3.05, 3.63) is 0 Å². The number of alkyl halides is 4. The van der Waals surface area contributed by atoms with Crippen LogP contribution in [0.2, 0.25) is 0 Å². The molecule has 0 spiro atoms. The highest BCUT2D eigenvalue weighted by atomic mass is 35.5. The second kappa shape index (κ2) is 3.71. The van der Waals surface area contributed by atoms with E-state index in [0.717, 1.165) is 0 Å². The van der Waals surface area contributed by atoms with Gasteiger partial charge in [0.25, 0.3) is 0 Å². The predicted molar refractivity (Wildman–Crippen MR) is 38.4 cm³/mol. The molecule has 0 radical (unpaired) electrons. The van der Waals surface area contributed by atoms with Gasteiger partial charge in [-0.2, -0.15) is 13.2 Å². The molecule has 0 aromatic heterocycles. The van der Waals surface area contributed by atoms with Crippen molar-refractivity contribution in [1.29, 1.82) is 0 Å². The van der Waals surface area contributed by atoms with E-state index in [0.29, 0.717) is 0 Å². The maximum absolute atomic E-state index is 11.8. The molecule has 0 saturated carbocycles. The van der Waals surface area contributed by atoms with E-state index in [9.17, 15) is 13.2 Å². The van der Waals surface area contributed by atoms with Crippen LogP contribution in [0.1, 0.15) is 6.92 Å². The van der Waals surface area contributed by atoms with Gasteiger partial charge in [-0.25, -0.2) is 9.98 Å². The molecule has 11 heavy (non-hydrogen) atoms. The van der Waals surface area contributed by atoms with E-state index in [1.165, 1.54) is 6.92 Å².